The molecule has 1 unspecified atom stereocenters. The van der Waals surface area contributed by atoms with Crippen LogP contribution >= 0.6 is 0 Å². The van der Waals surface area contributed by atoms with Crippen molar-refractivity contribution in [3.63, 3.8) is 0 Å². The molecule has 7 nitrogen and oxygen atoms in total. The van der Waals surface area contributed by atoms with Crippen molar-refractivity contribution in [1.82, 2.24) is 15.2 Å². The minimum absolute atomic E-state index is 0.0764. The molecule has 0 aromatic carbocycles. The van der Waals surface area contributed by atoms with E-state index in [9.17, 15) is 9.90 Å². The Morgan fingerprint density at radius 3 is 2.51 bits per heavy atom. The number of unbranched alkanes of at least 4 members (excludes halogenated alkanes) is 3. The van der Waals surface area contributed by atoms with Crippen LogP contribution in [0.5, 0.6) is 5.88 Å². The van der Waals surface area contributed by atoms with Gasteiger partial charge in [-0.3, -0.25) is 4.79 Å². The van der Waals surface area contributed by atoms with Crippen molar-refractivity contribution in [2.24, 2.45) is 0 Å². The predicted molar refractivity (Wildman–Crippen MR) is 143 cm³/mol. The second-order valence-corrected chi connectivity index (χ2v) is 8.70. The predicted octanol–water partition coefficient (Wildman–Crippen LogP) is 6.60. The average Bonchev–Trinajstić information content (AvgIpc) is 2.86. The van der Waals surface area contributed by atoms with E-state index in [2.05, 4.69) is 48.1 Å². The normalized spacial score (nSPS) is 12.5. The zero-order chi connectivity index (χ0) is 25.9. The summed E-state index contributed by atoms with van der Waals surface area (Å²) >= 11 is 0. The first-order chi connectivity index (χ1) is 17.0. The average molecular weight is 485 g/mol. The van der Waals surface area contributed by atoms with Crippen LogP contribution in [0.15, 0.2) is 36.9 Å². The molecule has 0 fully saturated rings. The van der Waals surface area contributed by atoms with Crippen molar-refractivity contribution >= 4 is 11.8 Å². The molecule has 1 aliphatic heterocycles. The lowest BCUT2D eigenvalue weighted by Gasteiger charge is -2.17. The molecule has 1 atom stereocenters. The van der Waals surface area contributed by atoms with Gasteiger partial charge in [-0.25, -0.2) is 4.98 Å². The Balaban J connectivity index is 0.000000926. The van der Waals surface area contributed by atoms with Crippen molar-refractivity contribution in [3.8, 4) is 5.88 Å². The molecule has 0 amide bonds. The highest BCUT2D eigenvalue weighted by molar-refractivity contribution is 5.67. The number of rotatable bonds is 11. The van der Waals surface area contributed by atoms with Crippen LogP contribution < -0.4 is 10.1 Å². The maximum Gasteiger partial charge on any atom is 0.304 e. The number of hydrogen-bond acceptors (Lipinski definition) is 6. The van der Waals surface area contributed by atoms with Gasteiger partial charge < -0.3 is 15.2 Å². The van der Waals surface area contributed by atoms with Gasteiger partial charge in [0.2, 0.25) is 5.88 Å². The number of allylic oxidation sites excluding steroid dienone is 1. The largest absolute Gasteiger partial charge is 0.481 e. The number of carbonyl (C=O) groups is 1. The van der Waals surface area contributed by atoms with Crippen LogP contribution in [-0.4, -0.2) is 39.9 Å². The van der Waals surface area contributed by atoms with Gasteiger partial charge in [0.25, 0.3) is 0 Å². The van der Waals surface area contributed by atoms with Gasteiger partial charge in [0.05, 0.1) is 19.2 Å². The summed E-state index contributed by atoms with van der Waals surface area (Å²) in [5.41, 5.74) is 3.19. The zero-order valence-corrected chi connectivity index (χ0v) is 22.1. The highest BCUT2D eigenvalue weighted by Crippen LogP contribution is 2.25. The molecule has 0 saturated heterocycles. The van der Waals surface area contributed by atoms with E-state index in [1.807, 2.05) is 13.0 Å². The van der Waals surface area contributed by atoms with Crippen LogP contribution in [0.1, 0.15) is 95.0 Å². The SMILES string of the molecule is C=CC.CCC.COc1ccc(C(CCCCCCc2ccc3c(n2)NCCC3)CC(=O)O)nn1. The minimum Gasteiger partial charge on any atom is -0.481 e. The number of methoxy groups -OCH3 is 1. The van der Waals surface area contributed by atoms with Crippen molar-refractivity contribution < 1.29 is 14.6 Å². The lowest BCUT2D eigenvalue weighted by atomic mass is 9.94. The topological polar surface area (TPSA) is 97.2 Å². The van der Waals surface area contributed by atoms with Crippen molar-refractivity contribution in [2.75, 3.05) is 19.0 Å². The van der Waals surface area contributed by atoms with E-state index in [0.717, 1.165) is 68.7 Å². The molecule has 2 aromatic rings. The molecule has 1 aliphatic rings. The number of pyridine rings is 1. The fourth-order valence-corrected chi connectivity index (χ4v) is 3.78. The minimum atomic E-state index is -0.806. The summed E-state index contributed by atoms with van der Waals surface area (Å²) in [6, 6.07) is 7.90. The Kier molecular flexibility index (Phi) is 15.8. The molecule has 3 heterocycles. The Morgan fingerprint density at radius 1 is 1.17 bits per heavy atom. The second kappa shape index (κ2) is 18.4. The molecule has 2 aromatic heterocycles. The molecule has 2 N–H and O–H groups in total. The van der Waals surface area contributed by atoms with E-state index >= 15 is 0 Å². The fourth-order valence-electron chi connectivity index (χ4n) is 3.78. The van der Waals surface area contributed by atoms with Crippen LogP contribution in [0.25, 0.3) is 0 Å². The number of aryl methyl sites for hydroxylation is 2. The van der Waals surface area contributed by atoms with Crippen LogP contribution in [0.4, 0.5) is 5.82 Å². The monoisotopic (exact) mass is 484 g/mol. The van der Waals surface area contributed by atoms with E-state index in [1.165, 1.54) is 25.5 Å². The maximum atomic E-state index is 11.2. The standard InChI is InChI=1S/C22H30N4O3.C3H8.C3H6/c1-29-20-13-12-19(25-26-20)17(15-21(27)28)7-4-2-3-5-9-18-11-10-16-8-6-14-23-22(16)24-18;2*1-3-2/h10-13,17H,2-9,14-15H2,1H3,(H,23,24)(H,27,28);3H2,1-2H3;3H,1H2,2H3. The van der Waals surface area contributed by atoms with Gasteiger partial charge in [-0.15, -0.1) is 11.7 Å². The molecular formula is C28H44N4O3. The number of anilines is 1. The molecule has 0 spiro atoms. The molecule has 0 saturated carbocycles. The Labute approximate surface area is 211 Å². The number of nitrogens with zero attached hydrogens (tertiary/aromatic N) is 3. The lowest BCUT2D eigenvalue weighted by molar-refractivity contribution is -0.137. The Hall–Kier alpha value is -2.96. The van der Waals surface area contributed by atoms with Gasteiger partial charge in [0, 0.05) is 24.2 Å². The lowest BCUT2D eigenvalue weighted by Crippen LogP contribution is -2.13. The quantitative estimate of drug-likeness (QED) is 0.274. The van der Waals surface area contributed by atoms with Crippen LogP contribution in [-0.2, 0) is 17.6 Å². The van der Waals surface area contributed by atoms with Crippen LogP contribution in [0.2, 0.25) is 0 Å². The smallest absolute Gasteiger partial charge is 0.304 e. The molecule has 35 heavy (non-hydrogen) atoms. The number of ether oxygens (including phenoxy) is 1. The highest BCUT2D eigenvalue weighted by Gasteiger charge is 2.17. The fraction of sp³-hybridized carbons (Fsp3) is 0.571. The van der Waals surface area contributed by atoms with Gasteiger partial charge >= 0.3 is 5.97 Å². The molecule has 194 valence electrons. The van der Waals surface area contributed by atoms with Gasteiger partial charge in [-0.2, -0.15) is 5.10 Å². The van der Waals surface area contributed by atoms with E-state index in [1.54, 1.807) is 12.1 Å². The van der Waals surface area contributed by atoms with E-state index in [-0.39, 0.29) is 12.3 Å². The first-order valence-electron chi connectivity index (χ1n) is 12.9. The first kappa shape index (κ1) is 30.1. The van der Waals surface area contributed by atoms with E-state index < -0.39 is 5.97 Å². The maximum absolute atomic E-state index is 11.2. The third-order valence-corrected chi connectivity index (χ3v) is 5.40. The molecule has 7 heteroatoms. The number of fused-ring (bicyclic) bond motifs is 1. The van der Waals surface area contributed by atoms with Crippen molar-refractivity contribution in [3.05, 3.63) is 53.9 Å². The molecule has 0 radical (unpaired) electrons. The number of carboxylic acid groups (broad SMARTS) is 1. The third-order valence-electron chi connectivity index (χ3n) is 5.40. The van der Waals surface area contributed by atoms with Gasteiger partial charge in [0.15, 0.2) is 0 Å². The molecule has 0 bridgehead atoms. The molecule has 3 rings (SSSR count). The number of aromatic nitrogens is 3. The number of nitrogens with one attached hydrogen (secondary N) is 1. The third kappa shape index (κ3) is 12.3. The van der Waals surface area contributed by atoms with E-state index in [0.29, 0.717) is 5.88 Å². The number of carboxylic acids is 1. The summed E-state index contributed by atoms with van der Waals surface area (Å²) in [5.74, 6) is 0.582. The van der Waals surface area contributed by atoms with Gasteiger partial charge in [-0.1, -0.05) is 51.7 Å². The summed E-state index contributed by atoms with van der Waals surface area (Å²) in [6.07, 6.45) is 11.4. The molecule has 0 aliphatic carbocycles. The summed E-state index contributed by atoms with van der Waals surface area (Å²) in [5, 5.41) is 20.7. The number of hydrogen-bond donors (Lipinski definition) is 2. The molecular weight excluding hydrogens is 440 g/mol. The summed E-state index contributed by atoms with van der Waals surface area (Å²) in [4.78, 5) is 16.0. The number of aliphatic carboxylic acids is 1. The van der Waals surface area contributed by atoms with Crippen molar-refractivity contribution in [1.29, 1.82) is 0 Å². The van der Waals surface area contributed by atoms with Gasteiger partial charge in [0.1, 0.15) is 5.82 Å². The van der Waals surface area contributed by atoms with Gasteiger partial charge in [-0.05, 0) is 56.7 Å². The summed E-state index contributed by atoms with van der Waals surface area (Å²) in [7, 11) is 1.54. The Bertz CT molecular complexity index is 856. The highest BCUT2D eigenvalue weighted by atomic mass is 16.5. The van der Waals surface area contributed by atoms with Crippen molar-refractivity contribution in [2.45, 2.75) is 90.9 Å². The Morgan fingerprint density at radius 2 is 1.89 bits per heavy atom. The van der Waals surface area contributed by atoms with Crippen LogP contribution in [0.3, 0.4) is 0 Å². The van der Waals surface area contributed by atoms with Crippen LogP contribution in [0, 0.1) is 0 Å². The first-order valence-corrected chi connectivity index (χ1v) is 12.9. The second-order valence-electron chi connectivity index (χ2n) is 8.70. The zero-order valence-electron chi connectivity index (χ0n) is 22.1. The van der Waals surface area contributed by atoms with E-state index in [4.69, 9.17) is 9.72 Å². The summed E-state index contributed by atoms with van der Waals surface area (Å²) in [6.45, 7) is 10.5. The summed E-state index contributed by atoms with van der Waals surface area (Å²) < 4.78 is 5.02.